The second-order valence-corrected chi connectivity index (χ2v) is 2.12. The molecule has 0 atom stereocenters. The minimum Gasteiger partial charge on any atom is -0.408 e. The highest BCUT2D eigenvalue weighted by Gasteiger charge is 2.00. The van der Waals surface area contributed by atoms with Crippen molar-refractivity contribution in [3.8, 4) is 5.75 Å². The van der Waals surface area contributed by atoms with Crippen molar-refractivity contribution < 1.29 is 9.53 Å². The molecular formula is C7H5BrNO2. The van der Waals surface area contributed by atoms with Gasteiger partial charge in [0.1, 0.15) is 5.75 Å². The van der Waals surface area contributed by atoms with E-state index >= 15 is 0 Å². The highest BCUT2D eigenvalue weighted by molar-refractivity contribution is 9.08. The number of para-hydroxylation sites is 1. The van der Waals surface area contributed by atoms with Crippen LogP contribution in [0.2, 0.25) is 0 Å². The molecule has 0 bridgehead atoms. The van der Waals surface area contributed by atoms with Crippen molar-refractivity contribution in [1.82, 2.24) is 4.34 Å². The van der Waals surface area contributed by atoms with Gasteiger partial charge in [-0.15, -0.1) is 4.34 Å². The van der Waals surface area contributed by atoms with Crippen molar-refractivity contribution in [3.05, 3.63) is 30.3 Å². The summed E-state index contributed by atoms with van der Waals surface area (Å²) in [4.78, 5) is 10.5. The quantitative estimate of drug-likeness (QED) is 0.719. The Morgan fingerprint density at radius 3 is 2.55 bits per heavy atom. The van der Waals surface area contributed by atoms with Gasteiger partial charge in [-0.1, -0.05) is 18.2 Å². The van der Waals surface area contributed by atoms with Gasteiger partial charge >= 0.3 is 6.09 Å². The topological polar surface area (TPSA) is 40.4 Å². The number of benzene rings is 1. The number of amides is 1. The highest BCUT2D eigenvalue weighted by atomic mass is 79.9. The van der Waals surface area contributed by atoms with Crippen LogP contribution in [0.5, 0.6) is 5.75 Å². The lowest BCUT2D eigenvalue weighted by Gasteiger charge is -1.98. The summed E-state index contributed by atoms with van der Waals surface area (Å²) >= 11 is 2.62. The maximum absolute atomic E-state index is 10.5. The smallest absolute Gasteiger partial charge is 0.408 e. The first-order valence-corrected chi connectivity index (χ1v) is 3.62. The summed E-state index contributed by atoms with van der Waals surface area (Å²) in [6.07, 6.45) is -0.656. The molecule has 0 saturated heterocycles. The third-order valence-corrected chi connectivity index (χ3v) is 1.31. The third kappa shape index (κ3) is 2.59. The predicted octanol–water partition coefficient (Wildman–Crippen LogP) is 2.10. The van der Waals surface area contributed by atoms with Crippen molar-refractivity contribution in [3.63, 3.8) is 0 Å². The van der Waals surface area contributed by atoms with Crippen LogP contribution in [0.4, 0.5) is 4.79 Å². The number of hydrogen-bond donors (Lipinski definition) is 0. The molecule has 1 rings (SSSR count). The molecule has 0 aliphatic carbocycles. The van der Waals surface area contributed by atoms with Crippen LogP contribution < -0.4 is 9.08 Å². The molecule has 1 amide bonds. The molecule has 1 aromatic carbocycles. The predicted molar refractivity (Wildman–Crippen MR) is 43.5 cm³/mol. The summed E-state index contributed by atoms with van der Waals surface area (Å²) in [6.45, 7) is 0. The third-order valence-electron chi connectivity index (χ3n) is 1.02. The number of carbonyl (C=O) groups is 1. The van der Waals surface area contributed by atoms with Gasteiger partial charge in [-0.2, -0.15) is 0 Å². The van der Waals surface area contributed by atoms with Crippen LogP contribution in [0.1, 0.15) is 0 Å². The van der Waals surface area contributed by atoms with E-state index in [2.05, 4.69) is 20.5 Å². The fourth-order valence-electron chi connectivity index (χ4n) is 0.607. The van der Waals surface area contributed by atoms with Crippen LogP contribution in [-0.2, 0) is 0 Å². The summed E-state index contributed by atoms with van der Waals surface area (Å²) in [6, 6.07) is 8.74. The van der Waals surface area contributed by atoms with Gasteiger partial charge in [-0.05, 0) is 12.1 Å². The van der Waals surface area contributed by atoms with Gasteiger partial charge in [0.05, 0.1) is 16.1 Å². The van der Waals surface area contributed by atoms with Crippen LogP contribution in [0.25, 0.3) is 0 Å². The molecule has 1 radical (unpaired) electrons. The molecule has 0 fully saturated rings. The van der Waals surface area contributed by atoms with E-state index in [1.54, 1.807) is 24.3 Å². The van der Waals surface area contributed by atoms with E-state index in [0.29, 0.717) is 5.75 Å². The van der Waals surface area contributed by atoms with E-state index in [-0.39, 0.29) is 0 Å². The van der Waals surface area contributed by atoms with Crippen LogP contribution in [0, 0.1) is 0 Å². The summed E-state index contributed by atoms with van der Waals surface area (Å²) < 4.78 is 7.85. The zero-order valence-corrected chi connectivity index (χ0v) is 7.11. The van der Waals surface area contributed by atoms with Crippen LogP contribution in [0.3, 0.4) is 0 Å². The number of carbonyl (C=O) groups excluding carboxylic acids is 1. The maximum Gasteiger partial charge on any atom is 0.445 e. The van der Waals surface area contributed by atoms with Gasteiger partial charge < -0.3 is 4.74 Å². The Morgan fingerprint density at radius 1 is 1.36 bits per heavy atom. The number of halogens is 1. The number of hydrogen-bond acceptors (Lipinski definition) is 2. The van der Waals surface area contributed by atoms with Crippen molar-refractivity contribution in [2.45, 2.75) is 0 Å². The first kappa shape index (κ1) is 8.07. The second-order valence-electron chi connectivity index (χ2n) is 1.77. The number of nitrogens with zero attached hydrogens (tertiary/aromatic N) is 1. The summed E-state index contributed by atoms with van der Waals surface area (Å²) in [5, 5.41) is 0. The molecule has 0 spiro atoms. The molecule has 11 heavy (non-hydrogen) atoms. The normalized spacial score (nSPS) is 8.82. The fraction of sp³-hybridized carbons (Fsp3) is 0. The van der Waals surface area contributed by atoms with Crippen LogP contribution >= 0.6 is 16.1 Å². The average Bonchev–Trinajstić information content (AvgIpc) is 2.06. The lowest BCUT2D eigenvalue weighted by atomic mass is 10.3. The largest absolute Gasteiger partial charge is 0.445 e. The van der Waals surface area contributed by atoms with Gasteiger partial charge in [0.2, 0.25) is 0 Å². The molecule has 4 heteroatoms. The summed E-state index contributed by atoms with van der Waals surface area (Å²) in [7, 11) is 0. The van der Waals surface area contributed by atoms with E-state index < -0.39 is 6.09 Å². The Hall–Kier alpha value is -1.03. The van der Waals surface area contributed by atoms with Crippen molar-refractivity contribution in [2.75, 3.05) is 0 Å². The Morgan fingerprint density at radius 2 is 2.00 bits per heavy atom. The molecule has 0 saturated carbocycles. The van der Waals surface area contributed by atoms with E-state index in [0.717, 1.165) is 0 Å². The van der Waals surface area contributed by atoms with Crippen molar-refractivity contribution >= 4 is 22.2 Å². The molecule has 0 unspecified atom stereocenters. The average molecular weight is 215 g/mol. The zero-order valence-electron chi connectivity index (χ0n) is 5.53. The SMILES string of the molecule is O=C([N]Br)Oc1ccccc1. The molecule has 0 aromatic heterocycles. The monoisotopic (exact) mass is 214 g/mol. The molecular weight excluding hydrogens is 210 g/mol. The molecule has 0 heterocycles. The van der Waals surface area contributed by atoms with Gasteiger partial charge in [-0.3, -0.25) is 0 Å². The number of rotatable bonds is 1. The molecule has 0 N–H and O–H groups in total. The fourth-order valence-corrected chi connectivity index (χ4v) is 0.679. The van der Waals surface area contributed by atoms with Crippen molar-refractivity contribution in [1.29, 1.82) is 0 Å². The van der Waals surface area contributed by atoms with E-state index in [1.165, 1.54) is 0 Å². The maximum atomic E-state index is 10.5. The summed E-state index contributed by atoms with van der Waals surface area (Å²) in [5.41, 5.74) is 0. The second kappa shape index (κ2) is 3.98. The highest BCUT2D eigenvalue weighted by Crippen LogP contribution is 2.08. The minimum absolute atomic E-state index is 0.487. The van der Waals surface area contributed by atoms with Gasteiger partial charge in [0, 0.05) is 0 Å². The Balaban J connectivity index is 2.58. The zero-order chi connectivity index (χ0) is 8.10. The van der Waals surface area contributed by atoms with Crippen LogP contribution in [-0.4, -0.2) is 6.09 Å². The van der Waals surface area contributed by atoms with Gasteiger partial charge in [0.15, 0.2) is 0 Å². The molecule has 1 aromatic rings. The number of ether oxygens (including phenoxy) is 1. The van der Waals surface area contributed by atoms with Gasteiger partial charge in [0.25, 0.3) is 0 Å². The first-order chi connectivity index (χ1) is 5.33. The lowest BCUT2D eigenvalue weighted by Crippen LogP contribution is -2.10. The molecule has 57 valence electrons. The standard InChI is InChI=1S/C7H5BrNO2/c8-9-7(10)11-6-4-2-1-3-5-6/h1-5H. The van der Waals surface area contributed by atoms with Crippen molar-refractivity contribution in [2.24, 2.45) is 0 Å². The van der Waals surface area contributed by atoms with Gasteiger partial charge in [-0.25, -0.2) is 4.79 Å². The Labute approximate surface area is 72.7 Å². The molecule has 0 aliphatic heterocycles. The molecule has 0 aliphatic rings. The first-order valence-electron chi connectivity index (χ1n) is 2.92. The molecule has 3 nitrogen and oxygen atoms in total. The van der Waals surface area contributed by atoms with E-state index in [1.807, 2.05) is 6.07 Å². The minimum atomic E-state index is -0.656. The van der Waals surface area contributed by atoms with E-state index in [9.17, 15) is 4.79 Å². The Kier molecular flexibility index (Phi) is 2.92. The lowest BCUT2D eigenvalue weighted by molar-refractivity contribution is 0.207. The summed E-state index contributed by atoms with van der Waals surface area (Å²) in [5.74, 6) is 0.487. The van der Waals surface area contributed by atoms with E-state index in [4.69, 9.17) is 4.74 Å². The Bertz CT molecular complexity index is 237. The van der Waals surface area contributed by atoms with Crippen LogP contribution in [0.15, 0.2) is 30.3 Å².